The van der Waals surface area contributed by atoms with Gasteiger partial charge in [0.05, 0.1) is 5.54 Å². The van der Waals surface area contributed by atoms with Crippen molar-refractivity contribution in [2.75, 3.05) is 13.1 Å². The molecular weight excluding hydrogens is 198 g/mol. The predicted molar refractivity (Wildman–Crippen MR) is 66.5 cm³/mol. The number of nitrogens with zero attached hydrogens (tertiary/aromatic N) is 1. The lowest BCUT2D eigenvalue weighted by molar-refractivity contribution is -0.130. The average molecular weight is 223 g/mol. The fraction of sp³-hybridized carbons (Fsp3) is 0.929. The molecule has 1 aliphatic heterocycles. The van der Waals surface area contributed by atoms with E-state index in [2.05, 4.69) is 18.7 Å². The molecule has 0 unspecified atom stereocenters. The number of rotatable bonds is 5. The second-order valence-corrected chi connectivity index (χ2v) is 6.01. The molecule has 0 aromatic rings. The summed E-state index contributed by atoms with van der Waals surface area (Å²) in [6, 6.07) is 0. The smallest absolute Gasteiger partial charge is 0.152 e. The molecule has 1 aliphatic carbocycles. The van der Waals surface area contributed by atoms with E-state index in [0.29, 0.717) is 5.78 Å². The summed E-state index contributed by atoms with van der Waals surface area (Å²) in [5, 5.41) is 0. The molecular formula is C14H25NO. The van der Waals surface area contributed by atoms with Gasteiger partial charge in [0, 0.05) is 6.42 Å². The fourth-order valence-electron chi connectivity index (χ4n) is 2.68. The maximum atomic E-state index is 12.3. The summed E-state index contributed by atoms with van der Waals surface area (Å²) in [4.78, 5) is 14.6. The molecule has 0 radical (unpaired) electrons. The number of carbonyl (C=O) groups is 1. The number of hydrogen-bond donors (Lipinski definition) is 0. The SMILES string of the molecule is CC(C)(C(=O)CCC1CC1)N1CCCCC1. The normalized spacial score (nSPS) is 23.4. The highest BCUT2D eigenvalue weighted by atomic mass is 16.1. The largest absolute Gasteiger partial charge is 0.298 e. The lowest BCUT2D eigenvalue weighted by Gasteiger charge is -2.39. The van der Waals surface area contributed by atoms with Crippen molar-refractivity contribution in [1.29, 1.82) is 0 Å². The average Bonchev–Trinajstić information content (AvgIpc) is 3.11. The number of piperidine rings is 1. The summed E-state index contributed by atoms with van der Waals surface area (Å²) >= 11 is 0. The summed E-state index contributed by atoms with van der Waals surface area (Å²) in [5.74, 6) is 1.34. The molecule has 1 saturated carbocycles. The van der Waals surface area contributed by atoms with E-state index >= 15 is 0 Å². The monoisotopic (exact) mass is 223 g/mol. The summed E-state index contributed by atoms with van der Waals surface area (Å²) in [5.41, 5.74) is -0.213. The van der Waals surface area contributed by atoms with Gasteiger partial charge in [-0.3, -0.25) is 9.69 Å². The molecule has 92 valence electrons. The minimum absolute atomic E-state index is 0.213. The number of Topliss-reactive ketones (excluding diaryl/α,β-unsaturated/α-hetero) is 1. The Morgan fingerprint density at radius 3 is 2.38 bits per heavy atom. The zero-order chi connectivity index (χ0) is 11.6. The molecule has 0 N–H and O–H groups in total. The van der Waals surface area contributed by atoms with E-state index in [1.54, 1.807) is 0 Å². The molecule has 0 atom stereocenters. The Hall–Kier alpha value is -0.370. The molecule has 0 spiro atoms. The van der Waals surface area contributed by atoms with Crippen molar-refractivity contribution in [3.63, 3.8) is 0 Å². The quantitative estimate of drug-likeness (QED) is 0.714. The summed E-state index contributed by atoms with van der Waals surface area (Å²) in [7, 11) is 0. The van der Waals surface area contributed by atoms with Crippen molar-refractivity contribution in [2.45, 2.75) is 64.3 Å². The second kappa shape index (κ2) is 4.87. The van der Waals surface area contributed by atoms with E-state index in [4.69, 9.17) is 0 Å². The fourth-order valence-corrected chi connectivity index (χ4v) is 2.68. The summed E-state index contributed by atoms with van der Waals surface area (Å²) in [6.45, 7) is 6.46. The molecule has 2 fully saturated rings. The van der Waals surface area contributed by atoms with Crippen LogP contribution in [-0.2, 0) is 4.79 Å². The van der Waals surface area contributed by atoms with Gasteiger partial charge in [-0.05, 0) is 52.1 Å². The van der Waals surface area contributed by atoms with Crippen LogP contribution >= 0.6 is 0 Å². The van der Waals surface area contributed by atoms with Gasteiger partial charge in [-0.2, -0.15) is 0 Å². The van der Waals surface area contributed by atoms with Crippen molar-refractivity contribution in [1.82, 2.24) is 4.90 Å². The molecule has 2 rings (SSSR count). The standard InChI is InChI=1S/C14H25NO/c1-14(2,15-10-4-3-5-11-15)13(16)9-8-12-6-7-12/h12H,3-11H2,1-2H3. The first-order valence-corrected chi connectivity index (χ1v) is 6.89. The highest BCUT2D eigenvalue weighted by Crippen LogP contribution is 2.34. The molecule has 0 aromatic carbocycles. The first kappa shape index (κ1) is 12.1. The van der Waals surface area contributed by atoms with Crippen LogP contribution < -0.4 is 0 Å². The Labute approximate surface area is 99.4 Å². The van der Waals surface area contributed by atoms with Gasteiger partial charge in [0.15, 0.2) is 5.78 Å². The van der Waals surface area contributed by atoms with E-state index in [1.807, 2.05) is 0 Å². The van der Waals surface area contributed by atoms with Gasteiger partial charge in [0.2, 0.25) is 0 Å². The maximum absolute atomic E-state index is 12.3. The van der Waals surface area contributed by atoms with Gasteiger partial charge in [-0.1, -0.05) is 19.3 Å². The first-order valence-electron chi connectivity index (χ1n) is 6.89. The van der Waals surface area contributed by atoms with E-state index in [0.717, 1.165) is 31.8 Å². The summed E-state index contributed by atoms with van der Waals surface area (Å²) in [6.07, 6.45) is 8.51. The topological polar surface area (TPSA) is 20.3 Å². The van der Waals surface area contributed by atoms with Crippen LogP contribution in [0.4, 0.5) is 0 Å². The molecule has 0 bridgehead atoms. The van der Waals surface area contributed by atoms with Gasteiger partial charge in [-0.25, -0.2) is 0 Å². The van der Waals surface area contributed by atoms with Crippen LogP contribution in [0.5, 0.6) is 0 Å². The highest BCUT2D eigenvalue weighted by Gasteiger charge is 2.35. The third kappa shape index (κ3) is 2.85. The Balaban J connectivity index is 1.84. The van der Waals surface area contributed by atoms with E-state index in [1.165, 1.54) is 32.1 Å². The zero-order valence-electron chi connectivity index (χ0n) is 10.8. The number of carbonyl (C=O) groups excluding carboxylic acids is 1. The Bertz CT molecular complexity index is 249. The van der Waals surface area contributed by atoms with Gasteiger partial charge in [-0.15, -0.1) is 0 Å². The maximum Gasteiger partial charge on any atom is 0.152 e. The van der Waals surface area contributed by atoms with Crippen LogP contribution in [0.1, 0.15) is 58.8 Å². The first-order chi connectivity index (χ1) is 7.60. The Morgan fingerprint density at radius 2 is 1.81 bits per heavy atom. The Kier molecular flexibility index (Phi) is 3.68. The van der Waals surface area contributed by atoms with Crippen LogP contribution in [0.25, 0.3) is 0 Å². The van der Waals surface area contributed by atoms with Crippen LogP contribution in [0.15, 0.2) is 0 Å². The third-order valence-corrected chi connectivity index (χ3v) is 4.31. The van der Waals surface area contributed by atoms with Crippen molar-refractivity contribution >= 4 is 5.78 Å². The van der Waals surface area contributed by atoms with Crippen molar-refractivity contribution < 1.29 is 4.79 Å². The van der Waals surface area contributed by atoms with E-state index in [-0.39, 0.29) is 5.54 Å². The van der Waals surface area contributed by atoms with E-state index < -0.39 is 0 Å². The van der Waals surface area contributed by atoms with Crippen LogP contribution in [0.3, 0.4) is 0 Å². The lowest BCUT2D eigenvalue weighted by Crippen LogP contribution is -2.52. The molecule has 16 heavy (non-hydrogen) atoms. The minimum atomic E-state index is -0.213. The Morgan fingerprint density at radius 1 is 1.19 bits per heavy atom. The van der Waals surface area contributed by atoms with Crippen LogP contribution in [0, 0.1) is 5.92 Å². The van der Waals surface area contributed by atoms with Crippen molar-refractivity contribution in [2.24, 2.45) is 5.92 Å². The predicted octanol–water partition coefficient (Wildman–Crippen LogP) is 3.01. The second-order valence-electron chi connectivity index (χ2n) is 6.01. The number of ketones is 1. The third-order valence-electron chi connectivity index (χ3n) is 4.31. The molecule has 2 heteroatoms. The molecule has 2 nitrogen and oxygen atoms in total. The van der Waals surface area contributed by atoms with Crippen molar-refractivity contribution in [3.05, 3.63) is 0 Å². The molecule has 0 aromatic heterocycles. The van der Waals surface area contributed by atoms with Crippen LogP contribution in [-0.4, -0.2) is 29.3 Å². The van der Waals surface area contributed by atoms with E-state index in [9.17, 15) is 4.79 Å². The van der Waals surface area contributed by atoms with Gasteiger partial charge in [0.1, 0.15) is 0 Å². The molecule has 0 amide bonds. The number of hydrogen-bond acceptors (Lipinski definition) is 2. The summed E-state index contributed by atoms with van der Waals surface area (Å²) < 4.78 is 0. The molecule has 1 saturated heterocycles. The van der Waals surface area contributed by atoms with Gasteiger partial charge in [0.25, 0.3) is 0 Å². The van der Waals surface area contributed by atoms with Gasteiger partial charge >= 0.3 is 0 Å². The van der Waals surface area contributed by atoms with Crippen molar-refractivity contribution in [3.8, 4) is 0 Å². The lowest BCUT2D eigenvalue weighted by atomic mass is 9.90. The van der Waals surface area contributed by atoms with Crippen LogP contribution in [0.2, 0.25) is 0 Å². The number of likely N-dealkylation sites (tertiary alicyclic amines) is 1. The minimum Gasteiger partial charge on any atom is -0.298 e. The zero-order valence-corrected chi connectivity index (χ0v) is 10.8. The molecule has 2 aliphatic rings. The molecule has 1 heterocycles. The van der Waals surface area contributed by atoms with Gasteiger partial charge < -0.3 is 0 Å². The highest BCUT2D eigenvalue weighted by molar-refractivity contribution is 5.87.